The molecule has 104 valence electrons. The van der Waals surface area contributed by atoms with Crippen LogP contribution < -0.4 is 16.4 Å². The summed E-state index contributed by atoms with van der Waals surface area (Å²) in [5.74, 6) is 0.357. The Balaban J connectivity index is 2.21. The number of nitrogens with zero attached hydrogens (tertiary/aromatic N) is 1. The molecule has 0 radical (unpaired) electrons. The van der Waals surface area contributed by atoms with Gasteiger partial charge in [0, 0.05) is 19.0 Å². The van der Waals surface area contributed by atoms with Gasteiger partial charge in [-0.25, -0.2) is 0 Å². The molecule has 5 heteroatoms. The molecule has 4 N–H and O–H groups in total. The number of nitrogens with two attached hydrogens (primary N) is 1. The van der Waals surface area contributed by atoms with Gasteiger partial charge in [0.25, 0.3) is 0 Å². The molecule has 0 spiro atoms. The number of aliphatic imine (C=N–C) groups is 1. The van der Waals surface area contributed by atoms with Crippen LogP contribution in [-0.4, -0.2) is 24.5 Å². The molecule has 0 aliphatic carbocycles. The predicted molar refractivity (Wildman–Crippen MR) is 77.7 cm³/mol. The predicted octanol–water partition coefficient (Wildman–Crippen LogP) is 1.01. The Hall–Kier alpha value is -2.04. The van der Waals surface area contributed by atoms with Gasteiger partial charge in [0.15, 0.2) is 5.96 Å². The number of carbonyl (C=O) groups excluding carboxylic acids is 1. The Morgan fingerprint density at radius 2 is 2.00 bits per heavy atom. The summed E-state index contributed by atoms with van der Waals surface area (Å²) < 4.78 is 0. The van der Waals surface area contributed by atoms with Crippen molar-refractivity contribution < 1.29 is 4.79 Å². The van der Waals surface area contributed by atoms with E-state index in [0.717, 1.165) is 5.56 Å². The summed E-state index contributed by atoms with van der Waals surface area (Å²) in [6.45, 7) is 4.90. The number of benzene rings is 1. The largest absolute Gasteiger partial charge is 0.370 e. The van der Waals surface area contributed by atoms with E-state index in [1.165, 1.54) is 0 Å². The molecule has 19 heavy (non-hydrogen) atoms. The molecule has 0 aliphatic heterocycles. The van der Waals surface area contributed by atoms with Gasteiger partial charge in [-0.05, 0) is 19.4 Å². The second-order valence-corrected chi connectivity index (χ2v) is 4.58. The molecule has 0 unspecified atom stereocenters. The van der Waals surface area contributed by atoms with E-state index in [4.69, 9.17) is 5.73 Å². The minimum Gasteiger partial charge on any atom is -0.370 e. The standard InChI is InChI=1S/C14H22N4O/c1-11(2)18-14(15)16-9-8-13(19)17-10-12-6-4-3-5-7-12/h3-7,11H,8-10H2,1-2H3,(H,17,19)(H3,15,16,18). The minimum atomic E-state index is -0.0232. The van der Waals surface area contributed by atoms with Gasteiger partial charge in [-0.1, -0.05) is 30.3 Å². The number of guanidine groups is 1. The molecular weight excluding hydrogens is 240 g/mol. The first kappa shape index (κ1) is 15.0. The van der Waals surface area contributed by atoms with Gasteiger partial charge in [-0.2, -0.15) is 0 Å². The number of hydrogen-bond acceptors (Lipinski definition) is 2. The number of nitrogens with one attached hydrogen (secondary N) is 2. The van der Waals surface area contributed by atoms with Crippen molar-refractivity contribution >= 4 is 11.9 Å². The second kappa shape index (κ2) is 8.13. The highest BCUT2D eigenvalue weighted by Crippen LogP contribution is 1.97. The Morgan fingerprint density at radius 3 is 2.63 bits per heavy atom. The van der Waals surface area contributed by atoms with Gasteiger partial charge in [0.05, 0.1) is 6.54 Å². The fraction of sp³-hybridized carbons (Fsp3) is 0.429. The highest BCUT2D eigenvalue weighted by Gasteiger charge is 2.01. The van der Waals surface area contributed by atoms with Crippen molar-refractivity contribution in [3.63, 3.8) is 0 Å². The Bertz CT molecular complexity index is 415. The van der Waals surface area contributed by atoms with Gasteiger partial charge in [0.2, 0.25) is 5.91 Å². The maximum atomic E-state index is 11.6. The normalized spacial score (nSPS) is 11.4. The van der Waals surface area contributed by atoms with E-state index in [0.29, 0.717) is 25.5 Å². The molecule has 5 nitrogen and oxygen atoms in total. The molecule has 0 aromatic heterocycles. The second-order valence-electron chi connectivity index (χ2n) is 4.58. The molecule has 0 saturated heterocycles. The van der Waals surface area contributed by atoms with Gasteiger partial charge in [-0.3, -0.25) is 9.79 Å². The zero-order chi connectivity index (χ0) is 14.1. The van der Waals surface area contributed by atoms with Crippen molar-refractivity contribution in [3.05, 3.63) is 35.9 Å². The third kappa shape index (κ3) is 7.08. The van der Waals surface area contributed by atoms with E-state index in [2.05, 4.69) is 15.6 Å². The van der Waals surface area contributed by atoms with Gasteiger partial charge >= 0.3 is 0 Å². The van der Waals surface area contributed by atoms with E-state index < -0.39 is 0 Å². The summed E-state index contributed by atoms with van der Waals surface area (Å²) in [6, 6.07) is 10.0. The summed E-state index contributed by atoms with van der Waals surface area (Å²) in [6.07, 6.45) is 0.341. The molecule has 0 aliphatic rings. The average Bonchev–Trinajstić information content (AvgIpc) is 2.36. The van der Waals surface area contributed by atoms with Crippen LogP contribution in [0, 0.1) is 0 Å². The summed E-state index contributed by atoms with van der Waals surface area (Å²) in [5.41, 5.74) is 6.72. The number of rotatable bonds is 6. The van der Waals surface area contributed by atoms with E-state index in [-0.39, 0.29) is 11.9 Å². The van der Waals surface area contributed by atoms with Gasteiger partial charge < -0.3 is 16.4 Å². The Kier molecular flexibility index (Phi) is 6.43. The monoisotopic (exact) mass is 262 g/mol. The smallest absolute Gasteiger partial charge is 0.222 e. The van der Waals surface area contributed by atoms with Gasteiger partial charge in [-0.15, -0.1) is 0 Å². The van der Waals surface area contributed by atoms with Crippen LogP contribution in [0.5, 0.6) is 0 Å². The van der Waals surface area contributed by atoms with Crippen molar-refractivity contribution in [3.8, 4) is 0 Å². The molecule has 0 fully saturated rings. The molecule has 0 saturated carbocycles. The quantitative estimate of drug-likeness (QED) is 0.528. The lowest BCUT2D eigenvalue weighted by molar-refractivity contribution is -0.121. The lowest BCUT2D eigenvalue weighted by Crippen LogP contribution is -2.37. The summed E-state index contributed by atoms with van der Waals surface area (Å²) in [5, 5.41) is 5.81. The zero-order valence-electron chi connectivity index (χ0n) is 11.5. The van der Waals surface area contributed by atoms with Crippen molar-refractivity contribution in [1.29, 1.82) is 0 Å². The molecule has 0 atom stereocenters. The van der Waals surface area contributed by atoms with Crippen LogP contribution in [0.4, 0.5) is 0 Å². The third-order valence-corrected chi connectivity index (χ3v) is 2.39. The van der Waals surface area contributed by atoms with Crippen LogP contribution in [0.3, 0.4) is 0 Å². The zero-order valence-corrected chi connectivity index (χ0v) is 11.5. The van der Waals surface area contributed by atoms with Crippen LogP contribution in [-0.2, 0) is 11.3 Å². The van der Waals surface area contributed by atoms with Crippen molar-refractivity contribution in [2.45, 2.75) is 32.9 Å². The first-order chi connectivity index (χ1) is 9.08. The van der Waals surface area contributed by atoms with Crippen LogP contribution >= 0.6 is 0 Å². The number of amides is 1. The topological polar surface area (TPSA) is 79.5 Å². The first-order valence-electron chi connectivity index (χ1n) is 6.45. The molecule has 1 aromatic rings. The molecule has 1 amide bonds. The SMILES string of the molecule is CC(C)NC(N)=NCCC(=O)NCc1ccccc1. The Morgan fingerprint density at radius 1 is 1.32 bits per heavy atom. The summed E-state index contributed by atoms with van der Waals surface area (Å²) in [7, 11) is 0. The summed E-state index contributed by atoms with van der Waals surface area (Å²) in [4.78, 5) is 15.7. The highest BCUT2D eigenvalue weighted by molar-refractivity contribution is 5.79. The summed E-state index contributed by atoms with van der Waals surface area (Å²) >= 11 is 0. The lowest BCUT2D eigenvalue weighted by Gasteiger charge is -2.08. The van der Waals surface area contributed by atoms with E-state index in [9.17, 15) is 4.79 Å². The average molecular weight is 262 g/mol. The van der Waals surface area contributed by atoms with Gasteiger partial charge in [0.1, 0.15) is 0 Å². The molecule has 1 aromatic carbocycles. The molecular formula is C14H22N4O. The van der Waals surface area contributed by atoms with Crippen LogP contribution in [0.2, 0.25) is 0 Å². The number of hydrogen-bond donors (Lipinski definition) is 3. The van der Waals surface area contributed by atoms with E-state index in [1.807, 2.05) is 44.2 Å². The van der Waals surface area contributed by atoms with Crippen LogP contribution in [0.15, 0.2) is 35.3 Å². The maximum absolute atomic E-state index is 11.6. The van der Waals surface area contributed by atoms with E-state index in [1.54, 1.807) is 0 Å². The Labute approximate surface area is 114 Å². The van der Waals surface area contributed by atoms with Crippen LogP contribution in [0.25, 0.3) is 0 Å². The van der Waals surface area contributed by atoms with Crippen molar-refractivity contribution in [2.75, 3.05) is 6.54 Å². The maximum Gasteiger partial charge on any atom is 0.222 e. The fourth-order valence-electron chi connectivity index (χ4n) is 1.50. The molecule has 1 rings (SSSR count). The first-order valence-corrected chi connectivity index (χ1v) is 6.45. The molecule has 0 bridgehead atoms. The fourth-order valence-corrected chi connectivity index (χ4v) is 1.50. The van der Waals surface area contributed by atoms with Crippen molar-refractivity contribution in [2.24, 2.45) is 10.7 Å². The molecule has 0 heterocycles. The highest BCUT2D eigenvalue weighted by atomic mass is 16.1. The minimum absolute atomic E-state index is 0.0232. The third-order valence-electron chi connectivity index (χ3n) is 2.39. The van der Waals surface area contributed by atoms with Crippen molar-refractivity contribution in [1.82, 2.24) is 10.6 Å². The van der Waals surface area contributed by atoms with E-state index >= 15 is 0 Å². The number of carbonyl (C=O) groups is 1. The van der Waals surface area contributed by atoms with Crippen LogP contribution in [0.1, 0.15) is 25.8 Å². The lowest BCUT2D eigenvalue weighted by atomic mass is 10.2.